The number of carbonyl (C=O) groups excluding carboxylic acids is 1. The van der Waals surface area contributed by atoms with Crippen LogP contribution in [0.15, 0.2) is 35.2 Å². The van der Waals surface area contributed by atoms with Crippen LogP contribution >= 0.6 is 0 Å². The Morgan fingerprint density at radius 1 is 0.957 bits per heavy atom. The van der Waals surface area contributed by atoms with Crippen molar-refractivity contribution in [2.45, 2.75) is 18.2 Å². The number of hydrogen-bond acceptors (Lipinski definition) is 3. The quantitative estimate of drug-likeness (QED) is 0.446. The minimum absolute atomic E-state index is 0. The molecule has 0 aliphatic heterocycles. The van der Waals surface area contributed by atoms with Crippen molar-refractivity contribution in [3.8, 4) is 0 Å². The van der Waals surface area contributed by atoms with Gasteiger partial charge in [0.05, 0.1) is 9.84 Å². The van der Waals surface area contributed by atoms with Crippen LogP contribution < -0.4 is 0 Å². The van der Waals surface area contributed by atoms with Gasteiger partial charge in [-0.1, -0.05) is 18.2 Å². The van der Waals surface area contributed by atoms with Crippen LogP contribution in [0.5, 0.6) is 0 Å². The van der Waals surface area contributed by atoms with Crippen molar-refractivity contribution in [3.63, 3.8) is 0 Å². The monoisotopic (exact) mass is 378 g/mol. The van der Waals surface area contributed by atoms with Crippen molar-refractivity contribution < 1.29 is 48.9 Å². The van der Waals surface area contributed by atoms with Crippen LogP contribution in [0.3, 0.4) is 0 Å². The number of sulfone groups is 1. The van der Waals surface area contributed by atoms with Crippen LogP contribution in [0.1, 0.15) is 13.3 Å². The zero-order chi connectivity index (χ0) is 18.6. The third-order valence-electron chi connectivity index (χ3n) is 1.66. The smallest absolute Gasteiger partial charge is 0 e. The van der Waals surface area contributed by atoms with Gasteiger partial charge in [-0.3, -0.25) is 8.42 Å². The van der Waals surface area contributed by atoms with E-state index in [0.717, 1.165) is 5.75 Å². The van der Waals surface area contributed by atoms with Gasteiger partial charge in [0.1, 0.15) is 5.78 Å². The van der Waals surface area contributed by atoms with E-state index in [9.17, 15) is 13.2 Å². The van der Waals surface area contributed by atoms with Crippen molar-refractivity contribution in [2.24, 2.45) is 0 Å². The largest absolute Gasteiger partial charge is 0 e. The minimum atomic E-state index is -3.40. The summed E-state index contributed by atoms with van der Waals surface area (Å²) in [6, 6.07) is 8.05. The Labute approximate surface area is 145 Å². The summed E-state index contributed by atoms with van der Waals surface area (Å²) in [7, 11) is -3.40. The van der Waals surface area contributed by atoms with Gasteiger partial charge in [0.25, 0.3) is 0 Å². The standard InChI is InChI=1S/C10H11O3S.4CO.Mn/c1-9(11)7-8-14(12,13)10-5-3-2-4-6-10;4*1-2;/h2-6,8H,7H2,1H3;;;;;/q-1;;;;;. The van der Waals surface area contributed by atoms with Crippen molar-refractivity contribution in [3.05, 3.63) is 62.7 Å². The zero-order valence-electron chi connectivity index (χ0n) is 11.8. The topological polar surface area (TPSA) is 131 Å². The molecule has 0 fully saturated rings. The van der Waals surface area contributed by atoms with E-state index in [2.05, 4.69) is 26.6 Å². The van der Waals surface area contributed by atoms with Gasteiger partial charge in [0.2, 0.25) is 0 Å². The Balaban J connectivity index is -0.000000105. The molecule has 123 valence electrons. The molecular formula is C14H11MnO7S-. The molecule has 9 heteroatoms. The molecule has 7 nitrogen and oxygen atoms in total. The van der Waals surface area contributed by atoms with Crippen LogP contribution in [0, 0.1) is 32.4 Å². The SMILES string of the molecule is CC(=O)C[CH-]S(=O)(=O)c1ccccc1.[C-]#[O+].[C-]#[O+].[C-]#[O+].[C-]#[O+].[Mn]. The summed E-state index contributed by atoms with van der Waals surface area (Å²) in [5, 5.41) is 0. The Morgan fingerprint density at radius 2 is 1.30 bits per heavy atom. The normalized spacial score (nSPS) is 7.17. The maximum Gasteiger partial charge on any atom is 0 e. The van der Waals surface area contributed by atoms with Crippen LogP contribution in [0.4, 0.5) is 0 Å². The second-order valence-electron chi connectivity index (χ2n) is 2.93. The number of ketones is 1. The third-order valence-corrected chi connectivity index (χ3v) is 3.20. The van der Waals surface area contributed by atoms with E-state index in [1.165, 1.54) is 19.1 Å². The molecule has 1 aromatic carbocycles. The molecule has 0 bridgehead atoms. The van der Waals surface area contributed by atoms with Gasteiger partial charge >= 0.3 is 45.2 Å². The molecular weight excluding hydrogens is 367 g/mol. The van der Waals surface area contributed by atoms with E-state index in [4.69, 9.17) is 18.6 Å². The fourth-order valence-corrected chi connectivity index (χ4v) is 2.12. The summed E-state index contributed by atoms with van der Waals surface area (Å²) in [5.41, 5.74) is 0. The maximum absolute atomic E-state index is 11.5. The molecule has 1 aromatic rings. The number of hydrogen-bond donors (Lipinski definition) is 0. The van der Waals surface area contributed by atoms with E-state index < -0.39 is 9.84 Å². The summed E-state index contributed by atoms with van der Waals surface area (Å²) in [5.74, 6) is 0.884. The maximum atomic E-state index is 11.5. The molecule has 0 spiro atoms. The molecule has 0 amide bonds. The fraction of sp³-hybridized carbons (Fsp3) is 0.143. The van der Waals surface area contributed by atoms with Crippen LogP contribution in [-0.4, -0.2) is 14.2 Å². The molecule has 0 unspecified atom stereocenters. The van der Waals surface area contributed by atoms with Crippen LogP contribution in [0.25, 0.3) is 0 Å². The van der Waals surface area contributed by atoms with Gasteiger partial charge in [0.15, 0.2) is 0 Å². The summed E-state index contributed by atoms with van der Waals surface area (Å²) < 4.78 is 53.1. The fourth-order valence-electron chi connectivity index (χ4n) is 0.933. The predicted octanol–water partition coefficient (Wildman–Crippen LogP) is 1.45. The molecule has 0 aliphatic carbocycles. The molecule has 1 radical (unpaired) electrons. The summed E-state index contributed by atoms with van der Waals surface area (Å²) >= 11 is 0. The number of rotatable bonds is 4. The van der Waals surface area contributed by atoms with Crippen molar-refractivity contribution in [1.82, 2.24) is 0 Å². The van der Waals surface area contributed by atoms with Gasteiger partial charge in [-0.25, -0.2) is 0 Å². The van der Waals surface area contributed by atoms with Gasteiger partial charge in [-0.2, -0.15) is 5.75 Å². The molecule has 0 atom stereocenters. The van der Waals surface area contributed by atoms with Gasteiger partial charge in [-0.15, -0.1) is 6.42 Å². The van der Waals surface area contributed by atoms with Crippen LogP contribution in [0.2, 0.25) is 0 Å². The van der Waals surface area contributed by atoms with E-state index >= 15 is 0 Å². The number of benzene rings is 1. The average molecular weight is 378 g/mol. The Hall–Kier alpha value is -1.68. The molecule has 0 N–H and O–H groups in total. The average Bonchev–Trinajstić information content (AvgIpc) is 2.61. The summed E-state index contributed by atoms with van der Waals surface area (Å²) in [4.78, 5) is 10.8. The van der Waals surface area contributed by atoms with Crippen molar-refractivity contribution >= 4 is 15.6 Å². The second-order valence-corrected chi connectivity index (χ2v) is 4.83. The van der Waals surface area contributed by atoms with Crippen LogP contribution in [-0.2, 0) is 50.3 Å². The summed E-state index contributed by atoms with van der Waals surface area (Å²) in [6.07, 6.45) is -0.0444. The van der Waals surface area contributed by atoms with E-state index in [1.807, 2.05) is 0 Å². The molecule has 0 heterocycles. The van der Waals surface area contributed by atoms with Gasteiger partial charge < -0.3 is 4.79 Å². The van der Waals surface area contributed by atoms with Gasteiger partial charge in [-0.05, 0) is 19.1 Å². The van der Waals surface area contributed by atoms with E-state index in [-0.39, 0.29) is 34.2 Å². The molecule has 0 aromatic heterocycles. The molecule has 0 aliphatic rings. The van der Waals surface area contributed by atoms with E-state index in [1.54, 1.807) is 18.2 Å². The molecule has 1 rings (SSSR count). The molecule has 0 saturated carbocycles. The number of Topliss-reactive ketones (excluding diaryl/α,β-unsaturated/α-hetero) is 1. The van der Waals surface area contributed by atoms with Crippen molar-refractivity contribution in [1.29, 1.82) is 0 Å². The Morgan fingerprint density at radius 3 is 1.61 bits per heavy atom. The molecule has 23 heavy (non-hydrogen) atoms. The van der Waals surface area contributed by atoms with Gasteiger partial charge in [0, 0.05) is 22.0 Å². The first-order chi connectivity index (χ1) is 10.5. The summed E-state index contributed by atoms with van der Waals surface area (Å²) in [6.45, 7) is 19.4. The number of carbonyl (C=O) groups is 1. The predicted molar refractivity (Wildman–Crippen MR) is 68.9 cm³/mol. The third kappa shape index (κ3) is 20.3. The van der Waals surface area contributed by atoms with E-state index in [0.29, 0.717) is 0 Å². The first-order valence-corrected chi connectivity index (χ1v) is 6.51. The minimum Gasteiger partial charge on any atom is 0 e. The first kappa shape index (κ1) is 33.1. The zero-order valence-corrected chi connectivity index (χ0v) is 13.8. The van der Waals surface area contributed by atoms with Crippen molar-refractivity contribution in [2.75, 3.05) is 0 Å². The molecule has 0 saturated heterocycles. The Kier molecular flexibility index (Phi) is 36.3. The Bertz CT molecular complexity index is 547. The first-order valence-electron chi connectivity index (χ1n) is 4.97. The second kappa shape index (κ2) is 25.3.